The van der Waals surface area contributed by atoms with Crippen LogP contribution in [-0.2, 0) is 6.54 Å². The van der Waals surface area contributed by atoms with Crippen molar-refractivity contribution in [3.63, 3.8) is 0 Å². The van der Waals surface area contributed by atoms with Crippen LogP contribution in [0.25, 0.3) is 0 Å². The lowest BCUT2D eigenvalue weighted by atomic mass is 10.1. The van der Waals surface area contributed by atoms with Gasteiger partial charge in [-0.05, 0) is 30.7 Å². The van der Waals surface area contributed by atoms with Crippen molar-refractivity contribution in [2.75, 3.05) is 19.7 Å². The van der Waals surface area contributed by atoms with Gasteiger partial charge in [-0.25, -0.2) is 0 Å². The molecule has 1 saturated heterocycles. The zero-order chi connectivity index (χ0) is 15.4. The quantitative estimate of drug-likeness (QED) is 0.770. The Bertz CT molecular complexity index is 618. The molecule has 0 bridgehead atoms. The third-order valence-electron chi connectivity index (χ3n) is 3.99. The van der Waals surface area contributed by atoms with E-state index in [2.05, 4.69) is 35.2 Å². The van der Waals surface area contributed by atoms with Crippen molar-refractivity contribution < 1.29 is 4.74 Å². The summed E-state index contributed by atoms with van der Waals surface area (Å²) in [7, 11) is 0. The fourth-order valence-corrected chi connectivity index (χ4v) is 3.16. The molecule has 1 aliphatic heterocycles. The lowest BCUT2D eigenvalue weighted by Gasteiger charge is -2.16. The highest BCUT2D eigenvalue weighted by molar-refractivity contribution is 6.34. The monoisotopic (exact) mass is 335 g/mol. The summed E-state index contributed by atoms with van der Waals surface area (Å²) >= 11 is 12.1. The molecule has 2 aromatic carbocycles. The Morgan fingerprint density at radius 2 is 1.91 bits per heavy atom. The number of halogens is 2. The number of ether oxygens (including phenoxy) is 1. The Labute approximate surface area is 141 Å². The van der Waals surface area contributed by atoms with Crippen molar-refractivity contribution in [3.05, 3.63) is 64.1 Å². The first kappa shape index (κ1) is 15.7. The Kier molecular flexibility index (Phi) is 5.24. The highest BCUT2D eigenvalue weighted by Crippen LogP contribution is 2.29. The van der Waals surface area contributed by atoms with Crippen LogP contribution in [0.1, 0.15) is 12.0 Å². The summed E-state index contributed by atoms with van der Waals surface area (Å²) in [5.74, 6) is 1.22. The molecule has 0 saturated carbocycles. The van der Waals surface area contributed by atoms with E-state index < -0.39 is 0 Å². The third kappa shape index (κ3) is 4.16. The Morgan fingerprint density at radius 3 is 2.73 bits per heavy atom. The minimum atomic E-state index is 0.541. The molecule has 3 rings (SSSR count). The van der Waals surface area contributed by atoms with Crippen molar-refractivity contribution in [3.8, 4) is 5.75 Å². The van der Waals surface area contributed by atoms with E-state index in [9.17, 15) is 0 Å². The van der Waals surface area contributed by atoms with Crippen molar-refractivity contribution >= 4 is 23.2 Å². The van der Waals surface area contributed by atoms with Gasteiger partial charge in [0.05, 0.1) is 11.6 Å². The second kappa shape index (κ2) is 7.36. The number of hydrogen-bond donors (Lipinski definition) is 0. The maximum absolute atomic E-state index is 6.12. The van der Waals surface area contributed by atoms with Crippen LogP contribution in [-0.4, -0.2) is 24.6 Å². The van der Waals surface area contributed by atoms with E-state index in [4.69, 9.17) is 27.9 Å². The average molecular weight is 336 g/mol. The number of rotatable bonds is 5. The number of nitrogens with zero attached hydrogens (tertiary/aromatic N) is 1. The zero-order valence-electron chi connectivity index (χ0n) is 12.3. The molecule has 1 atom stereocenters. The van der Waals surface area contributed by atoms with E-state index in [0.717, 1.165) is 26.1 Å². The summed E-state index contributed by atoms with van der Waals surface area (Å²) in [6.45, 7) is 3.87. The normalized spacial score (nSPS) is 18.5. The van der Waals surface area contributed by atoms with Gasteiger partial charge in [-0.3, -0.25) is 4.90 Å². The van der Waals surface area contributed by atoms with E-state index in [0.29, 0.717) is 28.3 Å². The van der Waals surface area contributed by atoms with E-state index >= 15 is 0 Å². The summed E-state index contributed by atoms with van der Waals surface area (Å²) < 4.78 is 5.86. The summed E-state index contributed by atoms with van der Waals surface area (Å²) in [4.78, 5) is 2.48. The molecular weight excluding hydrogens is 317 g/mol. The largest absolute Gasteiger partial charge is 0.492 e. The van der Waals surface area contributed by atoms with E-state index in [1.54, 1.807) is 18.2 Å². The zero-order valence-corrected chi connectivity index (χ0v) is 13.9. The molecule has 1 heterocycles. The minimum Gasteiger partial charge on any atom is -0.492 e. The number of hydrogen-bond acceptors (Lipinski definition) is 2. The first-order valence-electron chi connectivity index (χ1n) is 7.55. The average Bonchev–Trinajstić information content (AvgIpc) is 2.97. The molecule has 4 heteroatoms. The fraction of sp³-hybridized carbons (Fsp3) is 0.333. The van der Waals surface area contributed by atoms with Gasteiger partial charge >= 0.3 is 0 Å². The maximum Gasteiger partial charge on any atom is 0.139 e. The molecule has 2 aromatic rings. The van der Waals surface area contributed by atoms with E-state index in [1.165, 1.54) is 5.56 Å². The van der Waals surface area contributed by atoms with Crippen molar-refractivity contribution in [2.24, 2.45) is 5.92 Å². The first-order valence-corrected chi connectivity index (χ1v) is 8.30. The summed E-state index contributed by atoms with van der Waals surface area (Å²) in [6.07, 6.45) is 1.16. The SMILES string of the molecule is Clc1ccc(Cl)c(OCC2CCN(Cc3ccccc3)C2)c1. The van der Waals surface area contributed by atoms with Crippen LogP contribution in [0, 0.1) is 5.92 Å². The van der Waals surface area contributed by atoms with Gasteiger partial charge in [0.1, 0.15) is 5.75 Å². The van der Waals surface area contributed by atoms with Gasteiger partial charge < -0.3 is 4.74 Å². The smallest absolute Gasteiger partial charge is 0.139 e. The van der Waals surface area contributed by atoms with Crippen LogP contribution in [0.5, 0.6) is 5.75 Å². The fourth-order valence-electron chi connectivity index (χ4n) is 2.83. The molecule has 0 aliphatic carbocycles. The van der Waals surface area contributed by atoms with Gasteiger partial charge in [-0.2, -0.15) is 0 Å². The second-order valence-electron chi connectivity index (χ2n) is 5.76. The third-order valence-corrected chi connectivity index (χ3v) is 4.53. The molecule has 1 unspecified atom stereocenters. The lowest BCUT2D eigenvalue weighted by Crippen LogP contribution is -2.22. The maximum atomic E-state index is 6.12. The van der Waals surface area contributed by atoms with Crippen LogP contribution in [0.2, 0.25) is 10.0 Å². The predicted molar refractivity (Wildman–Crippen MR) is 91.8 cm³/mol. The molecule has 22 heavy (non-hydrogen) atoms. The lowest BCUT2D eigenvalue weighted by molar-refractivity contribution is 0.239. The topological polar surface area (TPSA) is 12.5 Å². The Morgan fingerprint density at radius 1 is 1.09 bits per heavy atom. The highest BCUT2D eigenvalue weighted by atomic mass is 35.5. The van der Waals surface area contributed by atoms with Crippen LogP contribution in [0.3, 0.4) is 0 Å². The molecule has 0 radical (unpaired) electrons. The molecule has 2 nitrogen and oxygen atoms in total. The molecule has 1 aliphatic rings. The first-order chi connectivity index (χ1) is 10.7. The van der Waals surface area contributed by atoms with Gasteiger partial charge in [-0.15, -0.1) is 0 Å². The van der Waals surface area contributed by atoms with E-state index in [1.807, 2.05) is 0 Å². The Hall–Kier alpha value is -1.22. The Balaban J connectivity index is 1.50. The van der Waals surface area contributed by atoms with Gasteiger partial charge in [0, 0.05) is 30.1 Å². The summed E-state index contributed by atoms with van der Waals surface area (Å²) in [5, 5.41) is 1.26. The summed E-state index contributed by atoms with van der Waals surface area (Å²) in [6, 6.07) is 15.9. The highest BCUT2D eigenvalue weighted by Gasteiger charge is 2.23. The van der Waals surface area contributed by atoms with Crippen molar-refractivity contribution in [1.82, 2.24) is 4.90 Å². The standard InChI is InChI=1S/C18H19Cl2NO/c19-16-6-7-17(20)18(10-16)22-13-15-8-9-21(12-15)11-14-4-2-1-3-5-14/h1-7,10,15H,8-9,11-13H2. The van der Waals surface area contributed by atoms with Gasteiger partial charge in [0.15, 0.2) is 0 Å². The van der Waals surface area contributed by atoms with Gasteiger partial charge in [0.2, 0.25) is 0 Å². The van der Waals surface area contributed by atoms with Crippen LogP contribution < -0.4 is 4.74 Å². The van der Waals surface area contributed by atoms with Crippen LogP contribution in [0.15, 0.2) is 48.5 Å². The van der Waals surface area contributed by atoms with Crippen molar-refractivity contribution in [1.29, 1.82) is 0 Å². The van der Waals surface area contributed by atoms with E-state index in [-0.39, 0.29) is 0 Å². The van der Waals surface area contributed by atoms with Crippen LogP contribution >= 0.6 is 23.2 Å². The molecule has 0 aromatic heterocycles. The molecule has 0 amide bonds. The molecule has 1 fully saturated rings. The summed E-state index contributed by atoms with van der Waals surface area (Å²) in [5.41, 5.74) is 1.36. The number of benzene rings is 2. The molecule has 0 N–H and O–H groups in total. The van der Waals surface area contributed by atoms with Gasteiger partial charge in [0.25, 0.3) is 0 Å². The van der Waals surface area contributed by atoms with Gasteiger partial charge in [-0.1, -0.05) is 53.5 Å². The van der Waals surface area contributed by atoms with Crippen molar-refractivity contribution in [2.45, 2.75) is 13.0 Å². The molecular formula is C18H19Cl2NO. The second-order valence-corrected chi connectivity index (χ2v) is 6.60. The molecule has 116 valence electrons. The predicted octanol–water partition coefficient (Wildman–Crippen LogP) is 4.89. The minimum absolute atomic E-state index is 0.541. The van der Waals surface area contributed by atoms with Crippen LogP contribution in [0.4, 0.5) is 0 Å². The molecule has 0 spiro atoms. The number of likely N-dealkylation sites (tertiary alicyclic amines) is 1.